The molecular weight excluding hydrogens is 913 g/mol. The topological polar surface area (TPSA) is 8.17 Å². The van der Waals surface area contributed by atoms with Gasteiger partial charge < -0.3 is 9.47 Å². The Morgan fingerprint density at radius 2 is 0.865 bits per heavy atom. The summed E-state index contributed by atoms with van der Waals surface area (Å²) in [7, 11) is 0. The maximum Gasteiger partial charge on any atom is 0.0726 e. The first-order valence-electron chi connectivity index (χ1n) is 25.6. The second kappa shape index (κ2) is 15.9. The maximum atomic E-state index is 2.53. The number of benzene rings is 12. The quantitative estimate of drug-likeness (QED) is 0.161. The van der Waals surface area contributed by atoms with E-state index in [1.54, 1.807) is 0 Å². The van der Waals surface area contributed by atoms with Crippen molar-refractivity contribution in [1.82, 2.24) is 4.57 Å². The fourth-order valence-electron chi connectivity index (χ4n) is 13.1. The molecule has 0 N–H and O–H groups in total. The largest absolute Gasteiger partial charge is 0.310 e. The molecule has 1 spiro atoms. The predicted molar refractivity (Wildman–Crippen MR) is 313 cm³/mol. The molecule has 14 aromatic rings. The number of aromatic nitrogens is 1. The second-order valence-corrected chi connectivity index (χ2v) is 20.9. The van der Waals surface area contributed by atoms with Crippen LogP contribution in [-0.2, 0) is 5.41 Å². The van der Waals surface area contributed by atoms with Gasteiger partial charge in [-0.1, -0.05) is 206 Å². The van der Waals surface area contributed by atoms with Gasteiger partial charge in [-0.15, -0.1) is 11.3 Å². The van der Waals surface area contributed by atoms with E-state index in [4.69, 9.17) is 0 Å². The highest BCUT2D eigenvalue weighted by Gasteiger charge is 2.51. The van der Waals surface area contributed by atoms with Crippen molar-refractivity contribution < 1.29 is 0 Å². The minimum Gasteiger partial charge on any atom is -0.310 e. The second-order valence-electron chi connectivity index (χ2n) is 19.9. The SMILES string of the molecule is c1ccc(-c2ccc(N(c3ccc(-c4cc5c6ccccc6n(-c6cccc7ccccc67)c5c5c4sc4ccccc45)cc3)c3ccc4c(c3)C3(c5ccccc5-c5ccccc53)c3ccccc3-4)cc2)cc1. The van der Waals surface area contributed by atoms with Gasteiger partial charge in [0.15, 0.2) is 0 Å². The Morgan fingerprint density at radius 1 is 0.338 bits per heavy atom. The number of thiophene rings is 1. The molecule has 0 amide bonds. The van der Waals surface area contributed by atoms with Gasteiger partial charge in [0.05, 0.1) is 22.1 Å². The molecule has 344 valence electrons. The van der Waals surface area contributed by atoms with Gasteiger partial charge in [0.25, 0.3) is 0 Å². The Morgan fingerprint density at radius 3 is 1.57 bits per heavy atom. The van der Waals surface area contributed by atoms with Crippen LogP contribution in [-0.4, -0.2) is 4.57 Å². The molecule has 2 aromatic heterocycles. The molecule has 0 aliphatic heterocycles. The lowest BCUT2D eigenvalue weighted by molar-refractivity contribution is 0.793. The summed E-state index contributed by atoms with van der Waals surface area (Å²) in [5.41, 5.74) is 21.9. The molecule has 2 aliphatic carbocycles. The zero-order chi connectivity index (χ0) is 48.5. The third-order valence-electron chi connectivity index (χ3n) is 16.2. The van der Waals surface area contributed by atoms with Gasteiger partial charge in [-0.2, -0.15) is 0 Å². The summed E-state index contributed by atoms with van der Waals surface area (Å²) < 4.78 is 5.12. The summed E-state index contributed by atoms with van der Waals surface area (Å²) in [5.74, 6) is 0. The van der Waals surface area contributed by atoms with Gasteiger partial charge in [0, 0.05) is 59.0 Å². The lowest BCUT2D eigenvalue weighted by Gasteiger charge is -2.32. The molecule has 2 heterocycles. The Kier molecular flexibility index (Phi) is 8.86. The fraction of sp³-hybridized carbons (Fsp3) is 0.0141. The van der Waals surface area contributed by atoms with Crippen LogP contribution in [0.15, 0.2) is 267 Å². The van der Waals surface area contributed by atoms with Crippen LogP contribution in [0.25, 0.3) is 103 Å². The molecule has 16 rings (SSSR count). The van der Waals surface area contributed by atoms with Crippen LogP contribution in [0.5, 0.6) is 0 Å². The Labute approximate surface area is 432 Å². The number of nitrogens with zero attached hydrogens (tertiary/aromatic N) is 2. The molecule has 0 radical (unpaired) electrons. The average molecular weight is 957 g/mol. The van der Waals surface area contributed by atoms with Gasteiger partial charge in [0.1, 0.15) is 0 Å². The first-order chi connectivity index (χ1) is 36.7. The molecule has 12 aromatic carbocycles. The first kappa shape index (κ1) is 41.3. The molecule has 74 heavy (non-hydrogen) atoms. The highest BCUT2D eigenvalue weighted by Crippen LogP contribution is 2.63. The molecule has 0 saturated heterocycles. The smallest absolute Gasteiger partial charge is 0.0726 e. The van der Waals surface area contributed by atoms with Crippen LogP contribution in [0.3, 0.4) is 0 Å². The number of rotatable bonds is 6. The van der Waals surface area contributed by atoms with Gasteiger partial charge in [-0.05, 0) is 127 Å². The van der Waals surface area contributed by atoms with E-state index in [2.05, 4.69) is 276 Å². The molecule has 0 unspecified atom stereocenters. The monoisotopic (exact) mass is 956 g/mol. The summed E-state index contributed by atoms with van der Waals surface area (Å²) in [6.45, 7) is 0. The minimum atomic E-state index is -0.452. The molecule has 0 bridgehead atoms. The van der Waals surface area contributed by atoms with Crippen LogP contribution in [0.1, 0.15) is 22.3 Å². The van der Waals surface area contributed by atoms with Crippen molar-refractivity contribution in [1.29, 1.82) is 0 Å². The van der Waals surface area contributed by atoms with Crippen molar-refractivity contribution in [3.63, 3.8) is 0 Å². The van der Waals surface area contributed by atoms with Crippen molar-refractivity contribution in [3.8, 4) is 50.2 Å². The summed E-state index contributed by atoms with van der Waals surface area (Å²) in [6.07, 6.45) is 0. The van der Waals surface area contributed by atoms with Gasteiger partial charge in [0.2, 0.25) is 0 Å². The van der Waals surface area contributed by atoms with Crippen molar-refractivity contribution in [3.05, 3.63) is 289 Å². The van der Waals surface area contributed by atoms with E-state index < -0.39 is 5.41 Å². The first-order valence-corrected chi connectivity index (χ1v) is 26.4. The molecule has 0 saturated carbocycles. The predicted octanol–water partition coefficient (Wildman–Crippen LogP) is 19.5. The van der Waals surface area contributed by atoms with Crippen LogP contribution in [0.4, 0.5) is 17.1 Å². The standard InChI is InChI=1S/C71H44N2S/c1-2-17-45(18-3-1)46-33-37-49(38-34-46)72(51-41-42-56-55-24-8-13-29-63(55)71(64(56)43-51)61-27-11-6-22-53(61)54-23-7-12-28-62(54)71)50-39-35-48(36-40-50)59-44-60-57-25-9-14-30-66(57)73(65-31-16-20-47-19-4-5-21-52(47)65)69(60)68-58-26-10-15-32-67(58)74-70(59)68/h1-44H. The number of fused-ring (bicyclic) bond motifs is 18. The molecular formula is C71H44N2S. The third-order valence-corrected chi connectivity index (χ3v) is 17.4. The highest BCUT2D eigenvalue weighted by molar-refractivity contribution is 7.26. The zero-order valence-electron chi connectivity index (χ0n) is 40.2. The third kappa shape index (κ3) is 5.76. The van der Waals surface area contributed by atoms with Crippen molar-refractivity contribution in [2.45, 2.75) is 5.41 Å². The molecule has 3 heteroatoms. The van der Waals surface area contributed by atoms with Crippen LogP contribution in [0.2, 0.25) is 0 Å². The number of hydrogen-bond donors (Lipinski definition) is 0. The highest BCUT2D eigenvalue weighted by atomic mass is 32.1. The molecule has 2 nitrogen and oxygen atoms in total. The Hall–Kier alpha value is -9.28. The van der Waals surface area contributed by atoms with Gasteiger partial charge in [-0.3, -0.25) is 0 Å². The van der Waals surface area contributed by atoms with Crippen LogP contribution < -0.4 is 4.90 Å². The van der Waals surface area contributed by atoms with Gasteiger partial charge >= 0.3 is 0 Å². The summed E-state index contributed by atoms with van der Waals surface area (Å²) in [6, 6.07) is 99.5. The lowest BCUT2D eigenvalue weighted by Crippen LogP contribution is -2.26. The van der Waals surface area contributed by atoms with E-state index in [9.17, 15) is 0 Å². The van der Waals surface area contributed by atoms with Crippen molar-refractivity contribution in [2.24, 2.45) is 0 Å². The normalized spacial score (nSPS) is 13.0. The van der Waals surface area contributed by atoms with E-state index in [1.807, 2.05) is 11.3 Å². The van der Waals surface area contributed by atoms with Crippen LogP contribution >= 0.6 is 11.3 Å². The van der Waals surface area contributed by atoms with E-state index >= 15 is 0 Å². The number of anilines is 3. The van der Waals surface area contributed by atoms with Gasteiger partial charge in [-0.25, -0.2) is 0 Å². The number of hydrogen-bond acceptors (Lipinski definition) is 2. The van der Waals surface area contributed by atoms with E-state index in [1.165, 1.54) is 125 Å². The van der Waals surface area contributed by atoms with Crippen LogP contribution in [0, 0.1) is 0 Å². The molecule has 2 aliphatic rings. The average Bonchev–Trinajstić information content (AvgIpc) is 4.22. The van der Waals surface area contributed by atoms with Crippen molar-refractivity contribution >= 4 is 81.1 Å². The Balaban J connectivity index is 0.905. The zero-order valence-corrected chi connectivity index (χ0v) is 41.0. The van der Waals surface area contributed by atoms with Crippen molar-refractivity contribution in [2.75, 3.05) is 4.90 Å². The van der Waals surface area contributed by atoms with E-state index in [0.717, 1.165) is 17.1 Å². The minimum absolute atomic E-state index is 0.452. The lowest BCUT2D eigenvalue weighted by atomic mass is 9.70. The summed E-state index contributed by atoms with van der Waals surface area (Å²) >= 11 is 1.90. The summed E-state index contributed by atoms with van der Waals surface area (Å²) in [5, 5.41) is 7.57. The molecule has 0 atom stereocenters. The number of para-hydroxylation sites is 1. The van der Waals surface area contributed by atoms with E-state index in [-0.39, 0.29) is 0 Å². The van der Waals surface area contributed by atoms with E-state index in [0.29, 0.717) is 0 Å². The Bertz CT molecular complexity index is 4530. The maximum absolute atomic E-state index is 2.53. The summed E-state index contributed by atoms with van der Waals surface area (Å²) in [4.78, 5) is 2.46. The molecule has 0 fully saturated rings. The fourth-order valence-corrected chi connectivity index (χ4v) is 14.3.